The molecule has 0 bridgehead atoms. The lowest BCUT2D eigenvalue weighted by atomic mass is 9.98. The molecule has 4 nitrogen and oxygen atoms in total. The van der Waals surface area contributed by atoms with Crippen LogP contribution in [-0.4, -0.2) is 30.8 Å². The summed E-state index contributed by atoms with van der Waals surface area (Å²) in [4.78, 5) is 0. The van der Waals surface area contributed by atoms with Crippen molar-refractivity contribution < 1.29 is 4.74 Å². The van der Waals surface area contributed by atoms with E-state index in [0.717, 1.165) is 54.8 Å². The predicted octanol–water partition coefficient (Wildman–Crippen LogP) is 4.14. The summed E-state index contributed by atoms with van der Waals surface area (Å²) in [6.07, 6.45) is 3.27. The number of para-hydroxylation sites is 1. The third kappa shape index (κ3) is 2.93. The van der Waals surface area contributed by atoms with Gasteiger partial charge >= 0.3 is 0 Å². The number of nitrogens with zero attached hydrogens (tertiary/aromatic N) is 1. The largest absolute Gasteiger partial charge is 0.495 e. The van der Waals surface area contributed by atoms with Crippen molar-refractivity contribution in [3.05, 3.63) is 57.7 Å². The fraction of sp³-hybridized carbons (Fsp3) is 0.364. The molecule has 0 amide bonds. The summed E-state index contributed by atoms with van der Waals surface area (Å²) >= 11 is 3.53. The van der Waals surface area contributed by atoms with Crippen LogP contribution in [0.2, 0.25) is 0 Å². The summed E-state index contributed by atoms with van der Waals surface area (Å²) in [5.41, 5.74) is 7.05. The predicted molar refractivity (Wildman–Crippen MR) is 114 cm³/mol. The Labute approximate surface area is 168 Å². The highest BCUT2D eigenvalue weighted by molar-refractivity contribution is 9.10. The average molecular weight is 426 g/mol. The number of nitrogens with one attached hydrogen (secondary N) is 2. The number of halogens is 1. The Balaban J connectivity index is 1.53. The van der Waals surface area contributed by atoms with Crippen molar-refractivity contribution in [2.45, 2.75) is 31.8 Å². The first kappa shape index (κ1) is 17.1. The van der Waals surface area contributed by atoms with Gasteiger partial charge in [0.25, 0.3) is 0 Å². The van der Waals surface area contributed by atoms with Crippen LogP contribution in [0, 0.1) is 0 Å². The molecule has 2 aromatic carbocycles. The standard InChI is InChI=1S/C22H24BrN3O/c1-27-21-12-15(23)5-6-19(21)25-16-11-14-3-2-4-18-17-7-9-24-10-8-20(17)26(13-16)22(14)18/h2-6,12,16,24-25H,7-11,13H2,1H3. The molecule has 0 spiro atoms. The van der Waals surface area contributed by atoms with Crippen molar-refractivity contribution >= 4 is 32.5 Å². The van der Waals surface area contributed by atoms with Gasteiger partial charge in [-0.15, -0.1) is 0 Å². The minimum absolute atomic E-state index is 0.353. The van der Waals surface area contributed by atoms with Crippen molar-refractivity contribution in [2.24, 2.45) is 0 Å². The van der Waals surface area contributed by atoms with Crippen LogP contribution in [0.1, 0.15) is 16.8 Å². The Hall–Kier alpha value is -1.98. The monoisotopic (exact) mass is 425 g/mol. The second kappa shape index (κ2) is 6.88. The first-order valence-corrected chi connectivity index (χ1v) is 10.5. The molecule has 5 heteroatoms. The van der Waals surface area contributed by atoms with Crippen molar-refractivity contribution in [3.63, 3.8) is 0 Å². The second-order valence-corrected chi connectivity index (χ2v) is 8.40. The van der Waals surface area contributed by atoms with E-state index in [4.69, 9.17) is 4.74 Å². The van der Waals surface area contributed by atoms with Crippen LogP contribution in [0.15, 0.2) is 40.9 Å². The molecule has 1 atom stereocenters. The molecular weight excluding hydrogens is 402 g/mol. The normalized spacial score (nSPS) is 18.8. The Morgan fingerprint density at radius 2 is 2.07 bits per heavy atom. The third-order valence-corrected chi connectivity index (χ3v) is 6.36. The lowest BCUT2D eigenvalue weighted by Crippen LogP contribution is -2.32. The molecule has 3 heterocycles. The number of fused-ring (bicyclic) bond motifs is 3. The number of aromatic nitrogens is 1. The van der Waals surface area contributed by atoms with Gasteiger partial charge in [0.1, 0.15) is 5.75 Å². The molecule has 1 aromatic heterocycles. The molecular formula is C22H24BrN3O. The number of anilines is 1. The van der Waals surface area contributed by atoms with E-state index < -0.39 is 0 Å². The molecule has 2 aliphatic rings. The Kier molecular flexibility index (Phi) is 4.37. The first-order chi connectivity index (χ1) is 13.2. The fourth-order valence-corrected chi connectivity index (χ4v) is 5.07. The number of methoxy groups -OCH3 is 1. The summed E-state index contributed by atoms with van der Waals surface area (Å²) in [5.74, 6) is 0.879. The molecule has 0 saturated heterocycles. The smallest absolute Gasteiger partial charge is 0.143 e. The molecule has 0 saturated carbocycles. The van der Waals surface area contributed by atoms with Crippen LogP contribution in [0.4, 0.5) is 5.69 Å². The lowest BCUT2D eigenvalue weighted by Gasteiger charge is -2.28. The number of rotatable bonds is 3. The number of hydrogen-bond acceptors (Lipinski definition) is 3. The van der Waals surface area contributed by atoms with E-state index in [1.54, 1.807) is 12.7 Å². The van der Waals surface area contributed by atoms with Gasteiger partial charge in [-0.25, -0.2) is 0 Å². The zero-order valence-electron chi connectivity index (χ0n) is 15.5. The minimum atomic E-state index is 0.353. The van der Waals surface area contributed by atoms with E-state index in [-0.39, 0.29) is 0 Å². The topological polar surface area (TPSA) is 38.2 Å². The zero-order valence-corrected chi connectivity index (χ0v) is 17.1. The maximum Gasteiger partial charge on any atom is 0.143 e. The van der Waals surface area contributed by atoms with Gasteiger partial charge < -0.3 is 19.9 Å². The highest BCUT2D eigenvalue weighted by atomic mass is 79.9. The molecule has 5 rings (SSSR count). The summed E-state index contributed by atoms with van der Waals surface area (Å²) in [5, 5.41) is 8.76. The molecule has 0 radical (unpaired) electrons. The average Bonchev–Trinajstić information content (AvgIpc) is 2.84. The van der Waals surface area contributed by atoms with Crippen LogP contribution in [-0.2, 0) is 25.8 Å². The van der Waals surface area contributed by atoms with Gasteiger partial charge in [-0.05, 0) is 48.7 Å². The highest BCUT2D eigenvalue weighted by Gasteiger charge is 2.27. The number of ether oxygens (including phenoxy) is 1. The third-order valence-electron chi connectivity index (χ3n) is 5.87. The maximum atomic E-state index is 5.58. The van der Waals surface area contributed by atoms with E-state index in [9.17, 15) is 0 Å². The maximum absolute atomic E-state index is 5.58. The molecule has 1 unspecified atom stereocenters. The van der Waals surface area contributed by atoms with Crippen LogP contribution in [0.3, 0.4) is 0 Å². The molecule has 0 fully saturated rings. The molecule has 2 aliphatic heterocycles. The minimum Gasteiger partial charge on any atom is -0.495 e. The summed E-state index contributed by atoms with van der Waals surface area (Å²) < 4.78 is 9.19. The quantitative estimate of drug-likeness (QED) is 0.662. The Morgan fingerprint density at radius 1 is 1.19 bits per heavy atom. The summed E-state index contributed by atoms with van der Waals surface area (Å²) in [7, 11) is 1.73. The van der Waals surface area contributed by atoms with Crippen molar-refractivity contribution in [3.8, 4) is 5.75 Å². The van der Waals surface area contributed by atoms with Gasteiger partial charge in [-0.3, -0.25) is 0 Å². The van der Waals surface area contributed by atoms with Crippen LogP contribution in [0.5, 0.6) is 5.75 Å². The van der Waals surface area contributed by atoms with Crippen molar-refractivity contribution in [2.75, 3.05) is 25.5 Å². The zero-order chi connectivity index (χ0) is 18.4. The van der Waals surface area contributed by atoms with Crippen molar-refractivity contribution in [1.29, 1.82) is 0 Å². The van der Waals surface area contributed by atoms with Gasteiger partial charge in [0.05, 0.1) is 18.3 Å². The highest BCUT2D eigenvalue weighted by Crippen LogP contribution is 2.36. The molecule has 2 N–H and O–H groups in total. The first-order valence-electron chi connectivity index (χ1n) is 9.67. The van der Waals surface area contributed by atoms with Gasteiger partial charge in [0.15, 0.2) is 0 Å². The molecule has 27 heavy (non-hydrogen) atoms. The number of hydrogen-bond donors (Lipinski definition) is 2. The van der Waals surface area contributed by atoms with E-state index >= 15 is 0 Å². The SMILES string of the molecule is COc1cc(Br)ccc1NC1Cc2cccc3c4c(n(c23)C1)CCNCC4. The van der Waals surface area contributed by atoms with E-state index in [0.29, 0.717) is 6.04 Å². The summed E-state index contributed by atoms with van der Waals surface area (Å²) in [6.45, 7) is 3.15. The Morgan fingerprint density at radius 3 is 2.96 bits per heavy atom. The lowest BCUT2D eigenvalue weighted by molar-refractivity contribution is 0.415. The van der Waals surface area contributed by atoms with Crippen LogP contribution in [0.25, 0.3) is 10.9 Å². The van der Waals surface area contributed by atoms with Crippen LogP contribution < -0.4 is 15.4 Å². The fourth-order valence-electron chi connectivity index (χ4n) is 4.73. The number of benzene rings is 2. The van der Waals surface area contributed by atoms with E-state index in [1.807, 2.05) is 6.07 Å². The van der Waals surface area contributed by atoms with Gasteiger partial charge in [0.2, 0.25) is 0 Å². The van der Waals surface area contributed by atoms with Crippen LogP contribution >= 0.6 is 15.9 Å². The van der Waals surface area contributed by atoms with E-state index in [1.165, 1.54) is 22.2 Å². The molecule has 3 aromatic rings. The van der Waals surface area contributed by atoms with Gasteiger partial charge in [-0.2, -0.15) is 0 Å². The van der Waals surface area contributed by atoms with E-state index in [2.05, 4.69) is 61.5 Å². The van der Waals surface area contributed by atoms with Gasteiger partial charge in [0, 0.05) is 41.1 Å². The molecule has 140 valence electrons. The van der Waals surface area contributed by atoms with Gasteiger partial charge in [-0.1, -0.05) is 34.1 Å². The summed E-state index contributed by atoms with van der Waals surface area (Å²) in [6, 6.07) is 13.4. The Bertz CT molecular complexity index is 1010. The van der Waals surface area contributed by atoms with Crippen molar-refractivity contribution in [1.82, 2.24) is 9.88 Å². The molecule has 0 aliphatic carbocycles. The second-order valence-electron chi connectivity index (χ2n) is 7.49.